The Kier molecular flexibility index (Phi) is 3.59. The van der Waals surface area contributed by atoms with Gasteiger partial charge in [-0.05, 0) is 31.4 Å². The predicted molar refractivity (Wildman–Crippen MR) is 88.3 cm³/mol. The number of hydrogen-bond donors (Lipinski definition) is 0. The van der Waals surface area contributed by atoms with E-state index < -0.39 is 12.0 Å². The van der Waals surface area contributed by atoms with Crippen molar-refractivity contribution in [3.8, 4) is 0 Å². The molecule has 2 aliphatic rings. The molecule has 1 unspecified atom stereocenters. The summed E-state index contributed by atoms with van der Waals surface area (Å²) in [6, 6.07) is 3.21. The molecule has 0 spiro atoms. The Morgan fingerprint density at radius 2 is 1.89 bits per heavy atom. The molecule has 2 aliphatic heterocycles. The molecule has 11 heteroatoms. The van der Waals surface area contributed by atoms with Gasteiger partial charge in [0.05, 0.1) is 0 Å². The van der Waals surface area contributed by atoms with E-state index in [2.05, 4.69) is 30.1 Å². The van der Waals surface area contributed by atoms with E-state index in [0.29, 0.717) is 12.4 Å². The molecule has 3 aromatic rings. The van der Waals surface area contributed by atoms with Crippen molar-refractivity contribution in [3.63, 3.8) is 0 Å². The van der Waals surface area contributed by atoms with Crippen LogP contribution in [0.3, 0.4) is 0 Å². The first-order valence-electron chi connectivity index (χ1n) is 8.97. The third-order valence-corrected chi connectivity index (χ3v) is 5.25. The third kappa shape index (κ3) is 2.72. The maximum atomic E-state index is 13.1. The van der Waals surface area contributed by atoms with Crippen molar-refractivity contribution in [2.75, 3.05) is 18.0 Å². The predicted octanol–water partition coefficient (Wildman–Crippen LogP) is 2.06. The van der Waals surface area contributed by atoms with Crippen LogP contribution in [0.1, 0.15) is 42.7 Å². The maximum Gasteiger partial charge on any atom is 0.453 e. The van der Waals surface area contributed by atoms with E-state index in [1.165, 1.54) is 6.07 Å². The lowest BCUT2D eigenvalue weighted by molar-refractivity contribution is -0.146. The fourth-order valence-electron chi connectivity index (χ4n) is 4.00. The summed E-state index contributed by atoms with van der Waals surface area (Å²) in [5.41, 5.74) is 0.0786. The van der Waals surface area contributed by atoms with Crippen LogP contribution in [0.15, 0.2) is 12.1 Å². The van der Waals surface area contributed by atoms with Crippen LogP contribution in [0.4, 0.5) is 19.0 Å². The van der Waals surface area contributed by atoms with Crippen LogP contribution in [0.5, 0.6) is 0 Å². The molecule has 0 aliphatic carbocycles. The van der Waals surface area contributed by atoms with Gasteiger partial charge in [0.1, 0.15) is 17.5 Å². The molecule has 142 valence electrons. The van der Waals surface area contributed by atoms with Crippen molar-refractivity contribution in [1.29, 1.82) is 0 Å². The quantitative estimate of drug-likeness (QED) is 0.679. The van der Waals surface area contributed by atoms with E-state index in [0.717, 1.165) is 54.9 Å². The number of nitrogens with zero attached hydrogens (tertiary/aromatic N) is 8. The van der Waals surface area contributed by atoms with Crippen LogP contribution in [-0.2, 0) is 19.1 Å². The van der Waals surface area contributed by atoms with Gasteiger partial charge in [0.25, 0.3) is 5.82 Å². The van der Waals surface area contributed by atoms with E-state index in [-0.39, 0.29) is 11.6 Å². The SMILES string of the molecule is FC(F)(F)c1nnc2ccc(N3CCCC(c4nnc5n4CCC5)C3)nn12. The van der Waals surface area contributed by atoms with Gasteiger partial charge in [-0.25, -0.2) is 0 Å². The highest BCUT2D eigenvalue weighted by molar-refractivity contribution is 5.46. The molecule has 5 rings (SSSR count). The number of anilines is 1. The molecule has 0 amide bonds. The van der Waals surface area contributed by atoms with Gasteiger partial charge in [-0.1, -0.05) is 0 Å². The van der Waals surface area contributed by atoms with E-state index in [1.54, 1.807) is 6.07 Å². The number of fused-ring (bicyclic) bond motifs is 2. The number of hydrogen-bond acceptors (Lipinski definition) is 6. The zero-order valence-corrected chi connectivity index (χ0v) is 14.4. The van der Waals surface area contributed by atoms with E-state index in [4.69, 9.17) is 0 Å². The topological polar surface area (TPSA) is 77.0 Å². The second-order valence-electron chi connectivity index (χ2n) is 7.00. The molecule has 0 radical (unpaired) electrons. The molecule has 5 heterocycles. The summed E-state index contributed by atoms with van der Waals surface area (Å²) in [6.07, 6.45) is -0.661. The van der Waals surface area contributed by atoms with Crippen molar-refractivity contribution in [1.82, 2.24) is 34.6 Å². The van der Waals surface area contributed by atoms with Crippen LogP contribution in [-0.4, -0.2) is 47.7 Å². The fourth-order valence-corrected chi connectivity index (χ4v) is 4.00. The molecule has 3 aromatic heterocycles. The van der Waals surface area contributed by atoms with Gasteiger partial charge in [0.2, 0.25) is 0 Å². The highest BCUT2D eigenvalue weighted by Gasteiger charge is 2.38. The summed E-state index contributed by atoms with van der Waals surface area (Å²) in [6.45, 7) is 2.33. The van der Waals surface area contributed by atoms with E-state index >= 15 is 0 Å². The molecule has 1 atom stereocenters. The lowest BCUT2D eigenvalue weighted by Crippen LogP contribution is -2.36. The number of aromatic nitrogens is 7. The molecule has 0 N–H and O–H groups in total. The summed E-state index contributed by atoms with van der Waals surface area (Å²) < 4.78 is 42.3. The Morgan fingerprint density at radius 1 is 1.00 bits per heavy atom. The second kappa shape index (κ2) is 5.89. The zero-order chi connectivity index (χ0) is 18.6. The van der Waals surface area contributed by atoms with Gasteiger partial charge < -0.3 is 9.47 Å². The smallest absolute Gasteiger partial charge is 0.354 e. The van der Waals surface area contributed by atoms with Gasteiger partial charge in [-0.2, -0.15) is 17.7 Å². The largest absolute Gasteiger partial charge is 0.453 e. The molecule has 0 aromatic carbocycles. The lowest BCUT2D eigenvalue weighted by Gasteiger charge is -2.33. The van der Waals surface area contributed by atoms with Crippen molar-refractivity contribution in [2.45, 2.75) is 44.3 Å². The fraction of sp³-hybridized carbons (Fsp3) is 0.562. The molecule has 1 fully saturated rings. The first-order chi connectivity index (χ1) is 13.0. The molecule has 27 heavy (non-hydrogen) atoms. The second-order valence-corrected chi connectivity index (χ2v) is 7.00. The molecule has 0 saturated carbocycles. The van der Waals surface area contributed by atoms with E-state index in [9.17, 15) is 13.2 Å². The first kappa shape index (κ1) is 16.5. The summed E-state index contributed by atoms with van der Waals surface area (Å²) >= 11 is 0. The zero-order valence-electron chi connectivity index (χ0n) is 14.4. The number of rotatable bonds is 2. The average Bonchev–Trinajstić information content (AvgIpc) is 3.35. The van der Waals surface area contributed by atoms with Crippen LogP contribution < -0.4 is 4.90 Å². The van der Waals surface area contributed by atoms with Crippen LogP contribution in [0.25, 0.3) is 5.65 Å². The highest BCUT2D eigenvalue weighted by atomic mass is 19.4. The average molecular weight is 378 g/mol. The molecule has 8 nitrogen and oxygen atoms in total. The lowest BCUT2D eigenvalue weighted by atomic mass is 9.97. The number of halogens is 3. The number of piperidine rings is 1. The standard InChI is InChI=1S/C16H17F3N8/c17-16(18,19)15-23-21-12-5-6-13(24-27(12)15)25-7-1-3-10(9-25)14-22-20-11-4-2-8-26(11)14/h5-6,10H,1-4,7-9H2. The molecular weight excluding hydrogens is 361 g/mol. The Morgan fingerprint density at radius 3 is 2.74 bits per heavy atom. The number of alkyl halides is 3. The van der Waals surface area contributed by atoms with Crippen LogP contribution in [0, 0.1) is 0 Å². The normalized spacial score (nSPS) is 20.4. The molecular formula is C16H17F3N8. The van der Waals surface area contributed by atoms with Gasteiger partial charge in [-0.3, -0.25) is 0 Å². The maximum absolute atomic E-state index is 13.1. The van der Waals surface area contributed by atoms with Crippen molar-refractivity contribution >= 4 is 11.5 Å². The Balaban J connectivity index is 1.45. The minimum Gasteiger partial charge on any atom is -0.354 e. The summed E-state index contributed by atoms with van der Waals surface area (Å²) in [7, 11) is 0. The van der Waals surface area contributed by atoms with Crippen LogP contribution in [0.2, 0.25) is 0 Å². The summed E-state index contributed by atoms with van der Waals surface area (Å²) in [4.78, 5) is 2.00. The summed E-state index contributed by atoms with van der Waals surface area (Å²) in [5.74, 6) is 1.58. The molecule has 0 bridgehead atoms. The number of aryl methyl sites for hydroxylation is 1. The van der Waals surface area contributed by atoms with Crippen molar-refractivity contribution in [2.24, 2.45) is 0 Å². The van der Waals surface area contributed by atoms with Gasteiger partial charge in [0, 0.05) is 32.0 Å². The van der Waals surface area contributed by atoms with E-state index in [1.807, 2.05) is 4.90 Å². The third-order valence-electron chi connectivity index (χ3n) is 5.25. The van der Waals surface area contributed by atoms with Gasteiger partial charge in [0.15, 0.2) is 5.65 Å². The highest BCUT2D eigenvalue weighted by Crippen LogP contribution is 2.31. The van der Waals surface area contributed by atoms with Crippen LogP contribution >= 0.6 is 0 Å². The van der Waals surface area contributed by atoms with Gasteiger partial charge >= 0.3 is 6.18 Å². The summed E-state index contributed by atoms with van der Waals surface area (Å²) in [5, 5.41) is 19.6. The monoisotopic (exact) mass is 378 g/mol. The Bertz CT molecular complexity index is 991. The minimum absolute atomic E-state index is 0.0786. The first-order valence-corrected chi connectivity index (χ1v) is 8.97. The Labute approximate surface area is 152 Å². The Hall–Kier alpha value is -2.72. The van der Waals surface area contributed by atoms with Crippen molar-refractivity contribution < 1.29 is 13.2 Å². The molecule has 1 saturated heterocycles. The van der Waals surface area contributed by atoms with Gasteiger partial charge in [-0.15, -0.1) is 25.5 Å². The minimum atomic E-state index is -4.60. The van der Waals surface area contributed by atoms with Crippen molar-refractivity contribution in [3.05, 3.63) is 29.6 Å².